The van der Waals surface area contributed by atoms with Crippen LogP contribution in [0.2, 0.25) is 0 Å². The van der Waals surface area contributed by atoms with Gasteiger partial charge in [0.25, 0.3) is 5.91 Å². The summed E-state index contributed by atoms with van der Waals surface area (Å²) >= 11 is 1.89. The molecule has 1 aliphatic heterocycles. The van der Waals surface area contributed by atoms with Crippen molar-refractivity contribution < 1.29 is 4.79 Å². The van der Waals surface area contributed by atoms with Gasteiger partial charge in [-0.05, 0) is 44.2 Å². The number of benzene rings is 1. The third-order valence-corrected chi connectivity index (χ3v) is 4.76. The number of rotatable bonds is 2. The highest BCUT2D eigenvalue weighted by molar-refractivity contribution is 7.99. The first kappa shape index (κ1) is 13.4. The highest BCUT2D eigenvalue weighted by Gasteiger charge is 2.18. The maximum atomic E-state index is 12.2. The summed E-state index contributed by atoms with van der Waals surface area (Å²) < 4.78 is 0. The molecule has 5 heteroatoms. The number of aryl methyl sites for hydroxylation is 2. The summed E-state index contributed by atoms with van der Waals surface area (Å²) in [5, 5.41) is 3.08. The summed E-state index contributed by atoms with van der Waals surface area (Å²) in [6.07, 6.45) is 1.06. The molecule has 1 fully saturated rings. The van der Waals surface area contributed by atoms with Crippen molar-refractivity contribution in [1.29, 1.82) is 0 Å². The zero-order chi connectivity index (χ0) is 14.1. The Kier molecular flexibility index (Phi) is 3.61. The molecule has 0 saturated carbocycles. The fourth-order valence-corrected chi connectivity index (χ4v) is 3.44. The minimum atomic E-state index is -0.0144. The predicted octanol–water partition coefficient (Wildman–Crippen LogP) is 2.48. The highest BCUT2D eigenvalue weighted by Crippen LogP contribution is 2.18. The Morgan fingerprint density at radius 2 is 2.00 bits per heavy atom. The van der Waals surface area contributed by atoms with Crippen molar-refractivity contribution in [3.63, 3.8) is 0 Å². The van der Waals surface area contributed by atoms with E-state index in [1.165, 1.54) is 0 Å². The van der Waals surface area contributed by atoms with Gasteiger partial charge in [-0.1, -0.05) is 0 Å². The van der Waals surface area contributed by atoms with Gasteiger partial charge >= 0.3 is 0 Å². The summed E-state index contributed by atoms with van der Waals surface area (Å²) in [6, 6.07) is 5.82. The molecule has 0 spiro atoms. The molecule has 3 rings (SSSR count). The van der Waals surface area contributed by atoms with Gasteiger partial charge in [0.15, 0.2) is 0 Å². The summed E-state index contributed by atoms with van der Waals surface area (Å²) in [6.45, 7) is 3.88. The van der Waals surface area contributed by atoms with Crippen molar-refractivity contribution in [3.8, 4) is 0 Å². The van der Waals surface area contributed by atoms with Crippen LogP contribution in [0.5, 0.6) is 0 Å². The molecule has 1 atom stereocenters. The average Bonchev–Trinajstić information content (AvgIpc) is 2.92. The SMILES string of the molecule is Cc1nc2ccc(C(=O)N[C@@H]3CCSC3)cc2nc1C. The van der Waals surface area contributed by atoms with Crippen molar-refractivity contribution in [2.24, 2.45) is 0 Å². The second kappa shape index (κ2) is 5.40. The van der Waals surface area contributed by atoms with Gasteiger partial charge in [0.1, 0.15) is 0 Å². The van der Waals surface area contributed by atoms with Crippen LogP contribution in [0.4, 0.5) is 0 Å². The molecule has 2 aromatic rings. The van der Waals surface area contributed by atoms with E-state index in [1.54, 1.807) is 0 Å². The number of nitrogens with zero attached hydrogens (tertiary/aromatic N) is 2. The van der Waals surface area contributed by atoms with Gasteiger partial charge in [0, 0.05) is 17.4 Å². The molecule has 104 valence electrons. The Hall–Kier alpha value is -1.62. The van der Waals surface area contributed by atoms with Crippen LogP contribution in [-0.2, 0) is 0 Å². The van der Waals surface area contributed by atoms with Gasteiger partial charge in [-0.15, -0.1) is 0 Å². The fraction of sp³-hybridized carbons (Fsp3) is 0.400. The highest BCUT2D eigenvalue weighted by atomic mass is 32.2. The smallest absolute Gasteiger partial charge is 0.251 e. The number of fused-ring (bicyclic) bond motifs is 1. The molecule has 1 amide bonds. The van der Waals surface area contributed by atoms with Crippen LogP contribution < -0.4 is 5.32 Å². The van der Waals surface area contributed by atoms with E-state index in [4.69, 9.17) is 0 Å². The van der Waals surface area contributed by atoms with Gasteiger partial charge in [-0.2, -0.15) is 11.8 Å². The molecule has 1 aliphatic rings. The van der Waals surface area contributed by atoms with E-state index < -0.39 is 0 Å². The fourth-order valence-electron chi connectivity index (χ4n) is 2.29. The second-order valence-electron chi connectivity index (χ2n) is 5.13. The lowest BCUT2D eigenvalue weighted by molar-refractivity contribution is 0.0941. The summed E-state index contributed by atoms with van der Waals surface area (Å²) in [5.74, 6) is 2.13. The van der Waals surface area contributed by atoms with Gasteiger partial charge in [-0.25, -0.2) is 9.97 Å². The Bertz CT molecular complexity index is 665. The molecule has 1 aromatic carbocycles. The van der Waals surface area contributed by atoms with Crippen molar-refractivity contribution in [2.75, 3.05) is 11.5 Å². The molecule has 1 N–H and O–H groups in total. The molecule has 1 aromatic heterocycles. The van der Waals surface area contributed by atoms with Gasteiger partial charge < -0.3 is 5.32 Å². The molecular formula is C15H17N3OS. The quantitative estimate of drug-likeness (QED) is 0.922. The molecule has 0 unspecified atom stereocenters. The summed E-state index contributed by atoms with van der Waals surface area (Å²) in [5.41, 5.74) is 4.11. The summed E-state index contributed by atoms with van der Waals surface area (Å²) in [7, 11) is 0. The average molecular weight is 287 g/mol. The van der Waals surface area contributed by atoms with Crippen LogP contribution in [0.15, 0.2) is 18.2 Å². The first-order chi connectivity index (χ1) is 9.63. The number of nitrogens with one attached hydrogen (secondary N) is 1. The van der Waals surface area contributed by atoms with Crippen molar-refractivity contribution >= 4 is 28.7 Å². The number of thioether (sulfide) groups is 1. The minimum Gasteiger partial charge on any atom is -0.348 e. The van der Waals surface area contributed by atoms with E-state index in [0.29, 0.717) is 11.6 Å². The number of amides is 1. The Labute approximate surface area is 122 Å². The molecule has 20 heavy (non-hydrogen) atoms. The van der Waals surface area contributed by atoms with E-state index in [1.807, 2.05) is 43.8 Å². The molecule has 2 heterocycles. The molecule has 0 aliphatic carbocycles. The lowest BCUT2D eigenvalue weighted by Crippen LogP contribution is -2.34. The van der Waals surface area contributed by atoms with Crippen molar-refractivity contribution in [1.82, 2.24) is 15.3 Å². The normalized spacial score (nSPS) is 18.4. The number of hydrogen-bond acceptors (Lipinski definition) is 4. The van der Waals surface area contributed by atoms with E-state index in [-0.39, 0.29) is 5.91 Å². The lowest BCUT2D eigenvalue weighted by atomic mass is 10.1. The van der Waals surface area contributed by atoms with E-state index in [0.717, 1.165) is 40.3 Å². The van der Waals surface area contributed by atoms with E-state index >= 15 is 0 Å². The number of hydrogen-bond donors (Lipinski definition) is 1. The van der Waals surface area contributed by atoms with Crippen LogP contribution in [0.25, 0.3) is 11.0 Å². The van der Waals surface area contributed by atoms with Crippen molar-refractivity contribution in [2.45, 2.75) is 26.3 Å². The van der Waals surface area contributed by atoms with Crippen molar-refractivity contribution in [3.05, 3.63) is 35.2 Å². The number of carbonyl (C=O) groups excluding carboxylic acids is 1. The van der Waals surface area contributed by atoms with Gasteiger partial charge in [0.2, 0.25) is 0 Å². The van der Waals surface area contributed by atoms with Gasteiger partial charge in [0.05, 0.1) is 22.4 Å². The largest absolute Gasteiger partial charge is 0.348 e. The lowest BCUT2D eigenvalue weighted by Gasteiger charge is -2.11. The van der Waals surface area contributed by atoms with Crippen LogP contribution in [0.3, 0.4) is 0 Å². The third-order valence-electron chi connectivity index (χ3n) is 3.60. The van der Waals surface area contributed by atoms with E-state index in [9.17, 15) is 4.79 Å². The molecule has 0 radical (unpaired) electrons. The molecular weight excluding hydrogens is 270 g/mol. The van der Waals surface area contributed by atoms with Crippen LogP contribution >= 0.6 is 11.8 Å². The second-order valence-corrected chi connectivity index (χ2v) is 6.28. The van der Waals surface area contributed by atoms with E-state index in [2.05, 4.69) is 15.3 Å². The zero-order valence-electron chi connectivity index (χ0n) is 11.6. The predicted molar refractivity (Wildman–Crippen MR) is 82.2 cm³/mol. The monoisotopic (exact) mass is 287 g/mol. The molecule has 1 saturated heterocycles. The number of aromatic nitrogens is 2. The first-order valence-electron chi connectivity index (χ1n) is 6.77. The Morgan fingerprint density at radius 1 is 1.25 bits per heavy atom. The van der Waals surface area contributed by atoms with Gasteiger partial charge in [-0.3, -0.25) is 4.79 Å². The third kappa shape index (κ3) is 2.63. The maximum Gasteiger partial charge on any atom is 0.251 e. The van der Waals surface area contributed by atoms with Crippen LogP contribution in [0.1, 0.15) is 28.2 Å². The first-order valence-corrected chi connectivity index (χ1v) is 7.92. The molecule has 0 bridgehead atoms. The Balaban J connectivity index is 1.87. The summed E-state index contributed by atoms with van der Waals surface area (Å²) in [4.78, 5) is 21.2. The zero-order valence-corrected chi connectivity index (χ0v) is 12.5. The molecule has 4 nitrogen and oxygen atoms in total. The minimum absolute atomic E-state index is 0.0144. The number of carbonyl (C=O) groups is 1. The maximum absolute atomic E-state index is 12.2. The Morgan fingerprint density at radius 3 is 2.70 bits per heavy atom. The standard InChI is InChI=1S/C15H17N3OS/c1-9-10(2)17-14-7-11(3-4-13(14)16-9)15(19)18-12-5-6-20-8-12/h3-4,7,12H,5-6,8H2,1-2H3,(H,18,19)/t12-/m1/s1. The van der Waals surface area contributed by atoms with Crippen LogP contribution in [-0.4, -0.2) is 33.4 Å². The topological polar surface area (TPSA) is 54.9 Å². The van der Waals surface area contributed by atoms with Crippen LogP contribution in [0, 0.1) is 13.8 Å².